The Morgan fingerprint density at radius 2 is 2.04 bits per heavy atom. The Morgan fingerprint density at radius 3 is 2.71 bits per heavy atom. The quantitative estimate of drug-likeness (QED) is 0.428. The normalized spacial score (nSPS) is 13.6. The molecule has 150 valence electrons. The van der Waals surface area contributed by atoms with Crippen molar-refractivity contribution < 1.29 is 22.9 Å². The van der Waals surface area contributed by atoms with Crippen molar-refractivity contribution in [1.82, 2.24) is 0 Å². The van der Waals surface area contributed by atoms with Gasteiger partial charge in [-0.3, -0.25) is 14.8 Å². The number of hydrogen-bond acceptors (Lipinski definition) is 7. The number of sulfonamides is 1. The van der Waals surface area contributed by atoms with Crippen molar-refractivity contribution in [3.05, 3.63) is 49.9 Å². The first-order valence-electron chi connectivity index (χ1n) is 8.84. The van der Waals surface area contributed by atoms with Crippen molar-refractivity contribution in [3.63, 3.8) is 0 Å². The van der Waals surface area contributed by atoms with Crippen molar-refractivity contribution in [2.45, 2.75) is 44.4 Å². The minimum absolute atomic E-state index is 0.180. The smallest absolute Gasteiger partial charge is 0.341 e. The van der Waals surface area contributed by atoms with E-state index in [0.717, 1.165) is 35.8 Å². The van der Waals surface area contributed by atoms with Gasteiger partial charge in [0, 0.05) is 16.5 Å². The molecule has 1 aliphatic rings. The van der Waals surface area contributed by atoms with Crippen LogP contribution in [0.1, 0.15) is 46.1 Å². The summed E-state index contributed by atoms with van der Waals surface area (Å²) >= 11 is 1.23. The molecule has 8 nitrogen and oxygen atoms in total. The SMILES string of the molecule is CCOC(=O)c1c(NS(=O)(=O)c2ccc(C)c([N+](=O)[O-])c2)sc2c1CCCC2. The number of benzene rings is 1. The molecule has 1 heterocycles. The first-order valence-corrected chi connectivity index (χ1v) is 11.1. The van der Waals surface area contributed by atoms with Gasteiger partial charge in [0.05, 0.1) is 22.0 Å². The van der Waals surface area contributed by atoms with Crippen LogP contribution >= 0.6 is 11.3 Å². The maximum Gasteiger partial charge on any atom is 0.341 e. The number of carbonyl (C=O) groups is 1. The molecule has 0 unspecified atom stereocenters. The van der Waals surface area contributed by atoms with Crippen molar-refractivity contribution >= 4 is 38.0 Å². The van der Waals surface area contributed by atoms with Gasteiger partial charge in [0.25, 0.3) is 15.7 Å². The summed E-state index contributed by atoms with van der Waals surface area (Å²) in [6, 6.07) is 3.72. The van der Waals surface area contributed by atoms with Crippen molar-refractivity contribution in [3.8, 4) is 0 Å². The van der Waals surface area contributed by atoms with Gasteiger partial charge in [-0.05, 0) is 51.2 Å². The molecule has 10 heteroatoms. The van der Waals surface area contributed by atoms with E-state index in [4.69, 9.17) is 4.74 Å². The van der Waals surface area contributed by atoms with Gasteiger partial charge < -0.3 is 4.74 Å². The minimum Gasteiger partial charge on any atom is -0.462 e. The van der Waals surface area contributed by atoms with Crippen LogP contribution in [0.25, 0.3) is 0 Å². The van der Waals surface area contributed by atoms with E-state index in [1.165, 1.54) is 30.4 Å². The highest BCUT2D eigenvalue weighted by atomic mass is 32.2. The molecule has 0 atom stereocenters. The molecule has 0 aliphatic heterocycles. The van der Waals surface area contributed by atoms with Crippen molar-refractivity contribution in [1.29, 1.82) is 0 Å². The predicted molar refractivity (Wildman–Crippen MR) is 106 cm³/mol. The highest BCUT2D eigenvalue weighted by molar-refractivity contribution is 7.93. The molecule has 0 bridgehead atoms. The maximum absolute atomic E-state index is 12.9. The standard InChI is InChI=1S/C18H20N2O6S2/c1-3-26-18(21)16-13-6-4-5-7-15(13)27-17(16)19-28(24,25)12-9-8-11(2)14(10-12)20(22)23/h8-10,19H,3-7H2,1-2H3. The largest absolute Gasteiger partial charge is 0.462 e. The third-order valence-corrected chi connectivity index (χ3v) is 7.25. The fourth-order valence-corrected chi connectivity index (χ4v) is 5.79. The molecule has 0 radical (unpaired) electrons. The molecule has 0 amide bonds. The lowest BCUT2D eigenvalue weighted by molar-refractivity contribution is -0.385. The molecular formula is C18H20N2O6S2. The summed E-state index contributed by atoms with van der Waals surface area (Å²) in [7, 11) is -4.11. The van der Waals surface area contributed by atoms with Gasteiger partial charge in [-0.1, -0.05) is 6.07 Å². The molecule has 0 saturated carbocycles. The number of nitrogens with one attached hydrogen (secondary N) is 1. The molecule has 3 rings (SSSR count). The van der Waals surface area contributed by atoms with Crippen LogP contribution in [-0.4, -0.2) is 25.9 Å². The van der Waals surface area contributed by atoms with Crippen LogP contribution in [-0.2, 0) is 27.6 Å². The van der Waals surface area contributed by atoms with Crippen molar-refractivity contribution in [2.75, 3.05) is 11.3 Å². The molecule has 28 heavy (non-hydrogen) atoms. The number of nitro benzene ring substituents is 1. The molecule has 1 N–H and O–H groups in total. The monoisotopic (exact) mass is 424 g/mol. The molecule has 2 aromatic rings. The Labute approximate surface area is 166 Å². The molecule has 0 fully saturated rings. The van der Waals surface area contributed by atoms with E-state index in [2.05, 4.69) is 4.72 Å². The Kier molecular flexibility index (Phi) is 5.71. The Balaban J connectivity index is 2.03. The summed E-state index contributed by atoms with van der Waals surface area (Å²) in [5.74, 6) is -0.561. The second-order valence-electron chi connectivity index (χ2n) is 6.45. The number of nitrogens with zero attached hydrogens (tertiary/aromatic N) is 1. The molecule has 1 aromatic carbocycles. The molecule has 1 aromatic heterocycles. The van der Waals surface area contributed by atoms with E-state index in [1.54, 1.807) is 6.92 Å². The van der Waals surface area contributed by atoms with Crippen LogP contribution in [0.4, 0.5) is 10.7 Å². The summed E-state index contributed by atoms with van der Waals surface area (Å²) in [5.41, 5.74) is 1.18. The number of fused-ring (bicyclic) bond motifs is 1. The highest BCUT2D eigenvalue weighted by Crippen LogP contribution is 2.39. The second kappa shape index (κ2) is 7.88. The summed E-state index contributed by atoms with van der Waals surface area (Å²) in [4.78, 5) is 23.7. The third-order valence-electron chi connectivity index (χ3n) is 4.57. The van der Waals surface area contributed by atoms with Gasteiger partial charge >= 0.3 is 5.97 Å². The lowest BCUT2D eigenvalue weighted by Crippen LogP contribution is -2.16. The molecule has 1 aliphatic carbocycles. The van der Waals surface area contributed by atoms with Crippen LogP contribution in [0.5, 0.6) is 0 Å². The first-order chi connectivity index (χ1) is 13.2. The zero-order valence-electron chi connectivity index (χ0n) is 15.5. The number of rotatable bonds is 6. The number of hydrogen-bond donors (Lipinski definition) is 1. The van der Waals surface area contributed by atoms with Gasteiger partial charge in [-0.25, -0.2) is 13.2 Å². The van der Waals surface area contributed by atoms with E-state index >= 15 is 0 Å². The Morgan fingerprint density at radius 1 is 1.32 bits per heavy atom. The summed E-state index contributed by atoms with van der Waals surface area (Å²) in [6.07, 6.45) is 3.38. The van der Waals surface area contributed by atoms with Crippen LogP contribution < -0.4 is 4.72 Å². The third kappa shape index (κ3) is 3.88. The van der Waals surface area contributed by atoms with Gasteiger partial charge in [0.1, 0.15) is 5.00 Å². The second-order valence-corrected chi connectivity index (χ2v) is 9.23. The van der Waals surface area contributed by atoms with Gasteiger partial charge in [-0.15, -0.1) is 11.3 Å². The average Bonchev–Trinajstić information content (AvgIpc) is 2.98. The number of ether oxygens (including phenoxy) is 1. The van der Waals surface area contributed by atoms with Crippen LogP contribution in [0.3, 0.4) is 0 Å². The lowest BCUT2D eigenvalue weighted by Gasteiger charge is -2.12. The van der Waals surface area contributed by atoms with Crippen LogP contribution in [0.2, 0.25) is 0 Å². The molecule has 0 spiro atoms. The zero-order valence-corrected chi connectivity index (χ0v) is 17.1. The zero-order chi connectivity index (χ0) is 20.5. The van der Waals surface area contributed by atoms with E-state index < -0.39 is 20.9 Å². The van der Waals surface area contributed by atoms with Crippen LogP contribution in [0, 0.1) is 17.0 Å². The van der Waals surface area contributed by atoms with Gasteiger partial charge in [-0.2, -0.15) is 0 Å². The van der Waals surface area contributed by atoms with E-state index in [1.807, 2.05) is 0 Å². The number of anilines is 1. The summed E-state index contributed by atoms with van der Waals surface area (Å²) in [5, 5.41) is 11.3. The first kappa shape index (κ1) is 20.3. The number of carbonyl (C=O) groups excluding carboxylic acids is 1. The molecular weight excluding hydrogens is 404 g/mol. The van der Waals surface area contributed by atoms with Gasteiger partial charge in [0.15, 0.2) is 0 Å². The maximum atomic E-state index is 12.9. The van der Waals surface area contributed by atoms with Crippen molar-refractivity contribution in [2.24, 2.45) is 0 Å². The van der Waals surface area contributed by atoms with Crippen LogP contribution in [0.15, 0.2) is 23.1 Å². The lowest BCUT2D eigenvalue weighted by atomic mass is 9.95. The summed E-state index contributed by atoms with van der Waals surface area (Å²) in [6.45, 7) is 3.40. The fourth-order valence-electron chi connectivity index (χ4n) is 3.19. The fraction of sp³-hybridized carbons (Fsp3) is 0.389. The Hall–Kier alpha value is -2.46. The Bertz CT molecular complexity index is 1040. The predicted octanol–water partition coefficient (Wildman–Crippen LogP) is 3.82. The number of esters is 1. The van der Waals surface area contributed by atoms with E-state index in [0.29, 0.717) is 12.0 Å². The molecule has 0 saturated heterocycles. The minimum atomic E-state index is -4.11. The summed E-state index contributed by atoms with van der Waals surface area (Å²) < 4.78 is 33.3. The topological polar surface area (TPSA) is 116 Å². The number of thiophene rings is 1. The van der Waals surface area contributed by atoms with E-state index in [9.17, 15) is 23.3 Å². The number of nitro groups is 1. The van der Waals surface area contributed by atoms with Gasteiger partial charge in [0.2, 0.25) is 0 Å². The van der Waals surface area contributed by atoms with E-state index in [-0.39, 0.29) is 27.8 Å². The highest BCUT2D eigenvalue weighted by Gasteiger charge is 2.29. The number of aryl methyl sites for hydroxylation is 2. The average molecular weight is 425 g/mol.